The number of thioether (sulfide) groups is 1. The lowest BCUT2D eigenvalue weighted by Crippen LogP contribution is -2.37. The molecule has 1 aliphatic heterocycles. The van der Waals surface area contributed by atoms with Crippen LogP contribution in [0.4, 0.5) is 11.6 Å². The summed E-state index contributed by atoms with van der Waals surface area (Å²) >= 11 is 7.55. The van der Waals surface area contributed by atoms with E-state index in [1.165, 1.54) is 17.3 Å². The van der Waals surface area contributed by atoms with Gasteiger partial charge in [0.2, 0.25) is 11.9 Å². The first-order chi connectivity index (χ1) is 16.0. The van der Waals surface area contributed by atoms with Crippen LogP contribution < -0.4 is 15.0 Å². The van der Waals surface area contributed by atoms with Crippen molar-refractivity contribution in [2.45, 2.75) is 18.5 Å². The summed E-state index contributed by atoms with van der Waals surface area (Å²) in [7, 11) is 1.55. The Morgan fingerprint density at radius 3 is 2.67 bits per heavy atom. The third-order valence-electron chi connectivity index (χ3n) is 5.20. The highest BCUT2D eigenvalue weighted by molar-refractivity contribution is 7.99. The maximum absolute atomic E-state index is 12.5. The Balaban J connectivity index is 1.46. The van der Waals surface area contributed by atoms with Crippen molar-refractivity contribution in [2.75, 3.05) is 49.4 Å². The molecule has 174 valence electrons. The molecule has 4 rings (SSSR count). The second-order valence-corrected chi connectivity index (χ2v) is 9.04. The predicted octanol–water partition coefficient (Wildman–Crippen LogP) is 4.20. The number of morpholine rings is 1. The standard InChI is InChI=1S/C23H26ClN5O3S/c1-16-3-6-18(7-4-16)29-22(28-10-12-32-13-11-28)26-27-23(29)33-14-9-21(30)25-19-15-17(24)5-8-20(19)31-2/h3-8,15H,9-14H2,1-2H3,(H,25,30). The molecule has 1 aromatic heterocycles. The number of aromatic nitrogens is 3. The Labute approximate surface area is 202 Å². The topological polar surface area (TPSA) is 81.5 Å². The van der Waals surface area contributed by atoms with Gasteiger partial charge in [-0.2, -0.15) is 0 Å². The van der Waals surface area contributed by atoms with Crippen LogP contribution in [0.1, 0.15) is 12.0 Å². The Morgan fingerprint density at radius 1 is 1.18 bits per heavy atom. The fourth-order valence-corrected chi connectivity index (χ4v) is 4.53. The highest BCUT2D eigenvalue weighted by Gasteiger charge is 2.22. The van der Waals surface area contributed by atoms with Crippen LogP contribution in [0.5, 0.6) is 5.75 Å². The summed E-state index contributed by atoms with van der Waals surface area (Å²) in [6.07, 6.45) is 0.300. The second-order valence-electron chi connectivity index (χ2n) is 7.54. The molecule has 0 saturated carbocycles. The first-order valence-corrected chi connectivity index (χ1v) is 12.0. The quantitative estimate of drug-likeness (QED) is 0.477. The number of nitrogens with zero attached hydrogens (tertiary/aromatic N) is 4. The van der Waals surface area contributed by atoms with E-state index in [0.29, 0.717) is 41.8 Å². The van der Waals surface area contributed by atoms with Gasteiger partial charge in [0, 0.05) is 30.3 Å². The van der Waals surface area contributed by atoms with Gasteiger partial charge in [-0.15, -0.1) is 10.2 Å². The van der Waals surface area contributed by atoms with E-state index in [1.54, 1.807) is 25.3 Å². The average molecular weight is 488 g/mol. The van der Waals surface area contributed by atoms with Crippen molar-refractivity contribution >= 4 is 40.9 Å². The van der Waals surface area contributed by atoms with E-state index in [2.05, 4.69) is 51.6 Å². The van der Waals surface area contributed by atoms with Crippen molar-refractivity contribution in [3.63, 3.8) is 0 Å². The van der Waals surface area contributed by atoms with Crippen molar-refractivity contribution in [2.24, 2.45) is 0 Å². The van der Waals surface area contributed by atoms with E-state index in [0.717, 1.165) is 29.9 Å². The van der Waals surface area contributed by atoms with E-state index in [1.807, 2.05) is 4.57 Å². The highest BCUT2D eigenvalue weighted by Crippen LogP contribution is 2.29. The Bertz CT molecular complexity index is 1100. The van der Waals surface area contributed by atoms with Gasteiger partial charge in [0.1, 0.15) is 5.75 Å². The molecule has 0 unspecified atom stereocenters. The number of rotatable bonds is 8. The molecular formula is C23H26ClN5O3S. The number of hydrogen-bond donors (Lipinski definition) is 1. The molecule has 3 aromatic rings. The lowest BCUT2D eigenvalue weighted by atomic mass is 10.2. The summed E-state index contributed by atoms with van der Waals surface area (Å²) < 4.78 is 12.8. The van der Waals surface area contributed by atoms with E-state index in [-0.39, 0.29) is 5.91 Å². The zero-order valence-electron chi connectivity index (χ0n) is 18.6. The molecule has 0 bridgehead atoms. The summed E-state index contributed by atoms with van der Waals surface area (Å²) in [4.78, 5) is 14.7. The molecule has 2 heterocycles. The van der Waals surface area contributed by atoms with E-state index >= 15 is 0 Å². The van der Waals surface area contributed by atoms with Crippen molar-refractivity contribution in [3.8, 4) is 11.4 Å². The average Bonchev–Trinajstić information content (AvgIpc) is 3.24. The first-order valence-electron chi connectivity index (χ1n) is 10.7. The zero-order chi connectivity index (χ0) is 23.2. The number of aryl methyl sites for hydroxylation is 1. The number of anilines is 2. The second kappa shape index (κ2) is 10.9. The molecule has 1 saturated heterocycles. The van der Waals surface area contributed by atoms with Crippen LogP contribution in [-0.2, 0) is 9.53 Å². The summed E-state index contributed by atoms with van der Waals surface area (Å²) in [6, 6.07) is 13.4. The summed E-state index contributed by atoms with van der Waals surface area (Å²) in [5.41, 5.74) is 2.72. The van der Waals surface area contributed by atoms with Gasteiger partial charge < -0.3 is 19.7 Å². The molecular weight excluding hydrogens is 462 g/mol. The lowest BCUT2D eigenvalue weighted by molar-refractivity contribution is -0.115. The van der Waals surface area contributed by atoms with Gasteiger partial charge in [-0.25, -0.2) is 0 Å². The van der Waals surface area contributed by atoms with Crippen molar-refractivity contribution in [3.05, 3.63) is 53.1 Å². The van der Waals surface area contributed by atoms with Crippen molar-refractivity contribution in [1.82, 2.24) is 14.8 Å². The van der Waals surface area contributed by atoms with Gasteiger partial charge in [0.15, 0.2) is 5.16 Å². The van der Waals surface area contributed by atoms with E-state index in [4.69, 9.17) is 21.1 Å². The van der Waals surface area contributed by atoms with Gasteiger partial charge >= 0.3 is 0 Å². The minimum Gasteiger partial charge on any atom is -0.495 e. The van der Waals surface area contributed by atoms with Gasteiger partial charge in [-0.3, -0.25) is 9.36 Å². The van der Waals surface area contributed by atoms with Gasteiger partial charge in [0.05, 0.1) is 31.7 Å². The number of ether oxygens (including phenoxy) is 2. The Morgan fingerprint density at radius 2 is 1.94 bits per heavy atom. The molecule has 2 aromatic carbocycles. The van der Waals surface area contributed by atoms with Crippen LogP contribution in [0.25, 0.3) is 5.69 Å². The molecule has 0 radical (unpaired) electrons. The van der Waals surface area contributed by atoms with Crippen molar-refractivity contribution in [1.29, 1.82) is 0 Å². The van der Waals surface area contributed by atoms with Crippen LogP contribution in [0, 0.1) is 6.92 Å². The monoisotopic (exact) mass is 487 g/mol. The number of hydrogen-bond acceptors (Lipinski definition) is 7. The van der Waals surface area contributed by atoms with Crippen LogP contribution in [0.3, 0.4) is 0 Å². The molecule has 0 aliphatic carbocycles. The van der Waals surface area contributed by atoms with E-state index < -0.39 is 0 Å². The summed E-state index contributed by atoms with van der Waals surface area (Å²) in [5, 5.41) is 13.0. The lowest BCUT2D eigenvalue weighted by Gasteiger charge is -2.28. The molecule has 10 heteroatoms. The minimum atomic E-state index is -0.127. The molecule has 1 amide bonds. The number of methoxy groups -OCH3 is 1. The maximum Gasteiger partial charge on any atom is 0.232 e. The minimum absolute atomic E-state index is 0.127. The zero-order valence-corrected chi connectivity index (χ0v) is 20.2. The molecule has 8 nitrogen and oxygen atoms in total. The summed E-state index contributed by atoms with van der Waals surface area (Å²) in [5.74, 6) is 1.77. The molecule has 33 heavy (non-hydrogen) atoms. The highest BCUT2D eigenvalue weighted by atomic mass is 35.5. The fourth-order valence-electron chi connectivity index (χ4n) is 3.47. The fraction of sp³-hybridized carbons (Fsp3) is 0.348. The van der Waals surface area contributed by atoms with Crippen molar-refractivity contribution < 1.29 is 14.3 Å². The van der Waals surface area contributed by atoms with Crippen LogP contribution in [-0.4, -0.2) is 59.8 Å². The van der Waals surface area contributed by atoms with Crippen LogP contribution >= 0.6 is 23.4 Å². The first kappa shape index (κ1) is 23.4. The third kappa shape index (κ3) is 5.79. The maximum atomic E-state index is 12.5. The van der Waals surface area contributed by atoms with Gasteiger partial charge in [-0.05, 0) is 37.3 Å². The Hall–Kier alpha value is -2.75. The number of carbonyl (C=O) groups is 1. The van der Waals surface area contributed by atoms with Crippen LogP contribution in [0.15, 0.2) is 47.6 Å². The Kier molecular flexibility index (Phi) is 7.74. The number of nitrogens with one attached hydrogen (secondary N) is 1. The van der Waals surface area contributed by atoms with Crippen LogP contribution in [0.2, 0.25) is 5.02 Å². The molecule has 1 N–H and O–H groups in total. The third-order valence-corrected chi connectivity index (χ3v) is 6.36. The normalized spacial score (nSPS) is 13.7. The molecule has 1 fully saturated rings. The van der Waals surface area contributed by atoms with Gasteiger partial charge in [0.25, 0.3) is 0 Å². The SMILES string of the molecule is COc1ccc(Cl)cc1NC(=O)CCSc1nnc(N2CCOCC2)n1-c1ccc(C)cc1. The largest absolute Gasteiger partial charge is 0.495 e. The number of carbonyl (C=O) groups excluding carboxylic acids is 1. The van der Waals surface area contributed by atoms with E-state index in [9.17, 15) is 4.79 Å². The summed E-state index contributed by atoms with van der Waals surface area (Å²) in [6.45, 7) is 4.91. The molecule has 0 atom stereocenters. The number of halogens is 1. The molecule has 1 aliphatic rings. The number of amides is 1. The van der Waals surface area contributed by atoms with Gasteiger partial charge in [-0.1, -0.05) is 41.1 Å². The predicted molar refractivity (Wildman–Crippen MR) is 131 cm³/mol. The smallest absolute Gasteiger partial charge is 0.232 e. The number of benzene rings is 2. The molecule has 0 spiro atoms.